The zero-order chi connectivity index (χ0) is 9.97. The Balaban J connectivity index is 2.16. The third-order valence-corrected chi connectivity index (χ3v) is 2.69. The van der Waals surface area contributed by atoms with Crippen molar-refractivity contribution >= 4 is 17.3 Å². The van der Waals surface area contributed by atoms with Crippen LogP contribution < -0.4 is 4.90 Å². The highest BCUT2D eigenvalue weighted by Gasteiger charge is 2.28. The van der Waals surface area contributed by atoms with Gasteiger partial charge in [-0.15, -0.1) is 11.6 Å². The highest BCUT2D eigenvalue weighted by Crippen LogP contribution is 2.31. The van der Waals surface area contributed by atoms with E-state index in [1.54, 1.807) is 0 Å². The van der Waals surface area contributed by atoms with Crippen LogP contribution in [0.2, 0.25) is 0 Å². The molecule has 0 aliphatic heterocycles. The molecule has 2 rings (SSSR count). The Labute approximate surface area is 89.9 Å². The smallest absolute Gasteiger partial charge is 0.0402 e. The van der Waals surface area contributed by atoms with E-state index in [2.05, 4.69) is 22.0 Å². The fraction of sp³-hybridized carbons (Fsp3) is 0.545. The van der Waals surface area contributed by atoms with E-state index in [1.807, 2.05) is 13.1 Å². The van der Waals surface area contributed by atoms with E-state index < -0.39 is 0 Å². The van der Waals surface area contributed by atoms with Crippen molar-refractivity contribution in [3.63, 3.8) is 0 Å². The molecule has 1 aliphatic carbocycles. The van der Waals surface area contributed by atoms with E-state index >= 15 is 0 Å². The number of pyridine rings is 1. The van der Waals surface area contributed by atoms with Gasteiger partial charge in [0.1, 0.15) is 0 Å². The summed E-state index contributed by atoms with van der Waals surface area (Å²) in [7, 11) is 0. The van der Waals surface area contributed by atoms with Crippen molar-refractivity contribution in [2.24, 2.45) is 0 Å². The summed E-state index contributed by atoms with van der Waals surface area (Å²) in [6.07, 6.45) is 4.48. The summed E-state index contributed by atoms with van der Waals surface area (Å²) in [6, 6.07) is 4.92. The first kappa shape index (κ1) is 9.78. The van der Waals surface area contributed by atoms with Crippen LogP contribution in [-0.2, 0) is 0 Å². The Morgan fingerprint density at radius 3 is 2.93 bits per heavy atom. The number of anilines is 1. The fourth-order valence-corrected chi connectivity index (χ4v) is 1.89. The van der Waals surface area contributed by atoms with Crippen LogP contribution in [0.25, 0.3) is 0 Å². The van der Waals surface area contributed by atoms with Gasteiger partial charge in [-0.05, 0) is 31.9 Å². The molecular formula is C11H15ClN2. The molecule has 0 aromatic carbocycles. The van der Waals surface area contributed by atoms with Gasteiger partial charge in [0, 0.05) is 36.0 Å². The van der Waals surface area contributed by atoms with Gasteiger partial charge in [-0.1, -0.05) is 0 Å². The Bertz CT molecular complexity index is 310. The lowest BCUT2D eigenvalue weighted by Gasteiger charge is -2.23. The van der Waals surface area contributed by atoms with Gasteiger partial charge in [-0.3, -0.25) is 4.98 Å². The molecule has 0 N–H and O–H groups in total. The summed E-state index contributed by atoms with van der Waals surface area (Å²) in [4.78, 5) is 6.59. The van der Waals surface area contributed by atoms with Crippen molar-refractivity contribution in [1.82, 2.24) is 4.98 Å². The summed E-state index contributed by atoms with van der Waals surface area (Å²) >= 11 is 5.80. The molecule has 0 atom stereocenters. The number of nitrogens with zero attached hydrogens (tertiary/aromatic N) is 2. The molecule has 0 bridgehead atoms. The number of aryl methyl sites for hydroxylation is 1. The van der Waals surface area contributed by atoms with Gasteiger partial charge in [-0.2, -0.15) is 0 Å². The molecule has 0 saturated heterocycles. The van der Waals surface area contributed by atoms with Crippen LogP contribution in [0.4, 0.5) is 5.69 Å². The molecule has 0 spiro atoms. The quantitative estimate of drug-likeness (QED) is 0.711. The van der Waals surface area contributed by atoms with Gasteiger partial charge in [0.15, 0.2) is 0 Å². The third kappa shape index (κ3) is 2.18. The number of rotatable bonds is 4. The van der Waals surface area contributed by atoms with Crippen LogP contribution in [-0.4, -0.2) is 23.5 Å². The Morgan fingerprint density at radius 2 is 2.36 bits per heavy atom. The van der Waals surface area contributed by atoms with E-state index in [4.69, 9.17) is 11.6 Å². The van der Waals surface area contributed by atoms with Gasteiger partial charge >= 0.3 is 0 Å². The molecule has 1 aromatic rings. The van der Waals surface area contributed by atoms with Gasteiger partial charge in [0.05, 0.1) is 0 Å². The predicted octanol–water partition coefficient (Wildman–Crippen LogP) is 2.60. The zero-order valence-corrected chi connectivity index (χ0v) is 9.17. The van der Waals surface area contributed by atoms with Gasteiger partial charge in [0.2, 0.25) is 0 Å². The summed E-state index contributed by atoms with van der Waals surface area (Å²) < 4.78 is 0. The zero-order valence-electron chi connectivity index (χ0n) is 8.41. The Morgan fingerprint density at radius 1 is 1.57 bits per heavy atom. The molecule has 1 fully saturated rings. The Kier molecular flexibility index (Phi) is 2.92. The van der Waals surface area contributed by atoms with Crippen LogP contribution >= 0.6 is 11.6 Å². The lowest BCUT2D eigenvalue weighted by Crippen LogP contribution is -2.27. The standard InChI is InChI=1S/C11H15ClN2/c1-9-8-11(4-6-13-9)14(7-5-12)10-2-3-10/h4,6,8,10H,2-3,5,7H2,1H3. The summed E-state index contributed by atoms with van der Waals surface area (Å²) in [5, 5.41) is 0. The SMILES string of the molecule is Cc1cc(N(CCCl)C2CC2)ccn1. The first-order valence-electron chi connectivity index (χ1n) is 5.06. The van der Waals surface area contributed by atoms with Crippen LogP contribution in [0.5, 0.6) is 0 Å². The number of hydrogen-bond donors (Lipinski definition) is 0. The van der Waals surface area contributed by atoms with Gasteiger partial charge in [0.25, 0.3) is 0 Å². The maximum atomic E-state index is 5.80. The van der Waals surface area contributed by atoms with E-state index in [-0.39, 0.29) is 0 Å². The monoisotopic (exact) mass is 210 g/mol. The third-order valence-electron chi connectivity index (χ3n) is 2.52. The van der Waals surface area contributed by atoms with Crippen molar-refractivity contribution in [2.75, 3.05) is 17.3 Å². The van der Waals surface area contributed by atoms with Gasteiger partial charge < -0.3 is 4.90 Å². The number of halogens is 1. The van der Waals surface area contributed by atoms with Crippen LogP contribution in [0.15, 0.2) is 18.3 Å². The first-order chi connectivity index (χ1) is 6.81. The van der Waals surface area contributed by atoms with Crippen LogP contribution in [0.3, 0.4) is 0 Å². The lowest BCUT2D eigenvalue weighted by molar-refractivity contribution is 0.827. The maximum Gasteiger partial charge on any atom is 0.0402 e. The molecular weight excluding hydrogens is 196 g/mol. The number of hydrogen-bond acceptors (Lipinski definition) is 2. The highest BCUT2D eigenvalue weighted by atomic mass is 35.5. The van der Waals surface area contributed by atoms with Crippen molar-refractivity contribution < 1.29 is 0 Å². The van der Waals surface area contributed by atoms with Gasteiger partial charge in [-0.25, -0.2) is 0 Å². The minimum atomic E-state index is 0.692. The Hall–Kier alpha value is -0.760. The molecule has 1 aromatic heterocycles. The number of alkyl halides is 1. The minimum absolute atomic E-state index is 0.692. The van der Waals surface area contributed by atoms with E-state index in [0.717, 1.165) is 18.3 Å². The predicted molar refractivity (Wildman–Crippen MR) is 60.1 cm³/mol. The molecule has 1 aliphatic rings. The average molecular weight is 211 g/mol. The van der Waals surface area contributed by atoms with Crippen molar-refractivity contribution in [2.45, 2.75) is 25.8 Å². The molecule has 0 radical (unpaired) electrons. The summed E-state index contributed by atoms with van der Waals surface area (Å²) in [5.41, 5.74) is 2.34. The molecule has 1 saturated carbocycles. The fourth-order valence-electron chi connectivity index (χ4n) is 1.71. The molecule has 76 valence electrons. The molecule has 1 heterocycles. The summed E-state index contributed by atoms with van der Waals surface area (Å²) in [6.45, 7) is 2.96. The van der Waals surface area contributed by atoms with E-state index in [9.17, 15) is 0 Å². The number of aromatic nitrogens is 1. The maximum absolute atomic E-state index is 5.80. The van der Waals surface area contributed by atoms with E-state index in [0.29, 0.717) is 5.88 Å². The molecule has 0 amide bonds. The molecule has 14 heavy (non-hydrogen) atoms. The second-order valence-corrected chi connectivity index (χ2v) is 4.15. The second kappa shape index (κ2) is 4.18. The first-order valence-corrected chi connectivity index (χ1v) is 5.60. The molecule has 3 heteroatoms. The van der Waals surface area contributed by atoms with E-state index in [1.165, 1.54) is 18.5 Å². The lowest BCUT2D eigenvalue weighted by atomic mass is 10.3. The second-order valence-electron chi connectivity index (χ2n) is 3.77. The minimum Gasteiger partial charge on any atom is -0.367 e. The normalized spacial score (nSPS) is 15.6. The van der Waals surface area contributed by atoms with Crippen LogP contribution in [0, 0.1) is 6.92 Å². The largest absolute Gasteiger partial charge is 0.367 e. The van der Waals surface area contributed by atoms with Crippen molar-refractivity contribution in [3.05, 3.63) is 24.0 Å². The molecule has 2 nitrogen and oxygen atoms in total. The van der Waals surface area contributed by atoms with Crippen LogP contribution in [0.1, 0.15) is 18.5 Å². The molecule has 0 unspecified atom stereocenters. The van der Waals surface area contributed by atoms with Crippen molar-refractivity contribution in [1.29, 1.82) is 0 Å². The topological polar surface area (TPSA) is 16.1 Å². The summed E-state index contributed by atoms with van der Waals surface area (Å²) in [5.74, 6) is 0.692. The average Bonchev–Trinajstić information content (AvgIpc) is 2.97. The highest BCUT2D eigenvalue weighted by molar-refractivity contribution is 6.18. The van der Waals surface area contributed by atoms with Crippen molar-refractivity contribution in [3.8, 4) is 0 Å².